The van der Waals surface area contributed by atoms with Crippen LogP contribution >= 0.6 is 11.6 Å². The highest BCUT2D eigenvalue weighted by atomic mass is 35.5. The third-order valence-electron chi connectivity index (χ3n) is 3.74. The molecule has 0 aliphatic carbocycles. The molecule has 0 radical (unpaired) electrons. The molecule has 1 aromatic rings. The van der Waals surface area contributed by atoms with Crippen LogP contribution in [0.4, 0.5) is 11.4 Å². The normalized spacial score (nSPS) is 17.0. The molecule has 1 heterocycles. The minimum atomic E-state index is -0.303. The number of nitrogens with one attached hydrogen (secondary N) is 2. The minimum absolute atomic E-state index is 0.0210. The molecule has 0 spiro atoms. The van der Waals surface area contributed by atoms with Crippen LogP contribution in [0.15, 0.2) is 12.1 Å². The Kier molecular flexibility index (Phi) is 4.89. The summed E-state index contributed by atoms with van der Waals surface area (Å²) in [5.74, 6) is -0.0210. The first-order chi connectivity index (χ1) is 9.62. The van der Waals surface area contributed by atoms with E-state index in [0.717, 1.165) is 42.9 Å². The van der Waals surface area contributed by atoms with Gasteiger partial charge in [0.1, 0.15) is 6.04 Å². The van der Waals surface area contributed by atoms with Crippen molar-refractivity contribution in [3.63, 3.8) is 0 Å². The smallest absolute Gasteiger partial charge is 0.246 e. The van der Waals surface area contributed by atoms with Crippen LogP contribution in [0.1, 0.15) is 38.3 Å². The van der Waals surface area contributed by atoms with Crippen molar-refractivity contribution in [3.05, 3.63) is 22.7 Å². The second-order valence-electron chi connectivity index (χ2n) is 5.04. The minimum Gasteiger partial charge on any atom is -0.371 e. The molecule has 0 saturated heterocycles. The lowest BCUT2D eigenvalue weighted by molar-refractivity contribution is -0.117. The van der Waals surface area contributed by atoms with Gasteiger partial charge in [0.2, 0.25) is 5.91 Å². The lowest BCUT2D eigenvalue weighted by Gasteiger charge is -2.25. The molecule has 0 aromatic heterocycles. The molecule has 5 heteroatoms. The molecule has 20 heavy (non-hydrogen) atoms. The van der Waals surface area contributed by atoms with Crippen molar-refractivity contribution in [1.82, 2.24) is 5.32 Å². The van der Waals surface area contributed by atoms with Gasteiger partial charge >= 0.3 is 0 Å². The fourth-order valence-corrected chi connectivity index (χ4v) is 2.89. The topological polar surface area (TPSA) is 44.4 Å². The molecule has 1 unspecified atom stereocenters. The number of anilines is 2. The van der Waals surface area contributed by atoms with Gasteiger partial charge in [0, 0.05) is 24.3 Å². The number of fused-ring (bicyclic) bond motifs is 1. The van der Waals surface area contributed by atoms with E-state index in [-0.39, 0.29) is 11.9 Å². The van der Waals surface area contributed by atoms with Crippen LogP contribution in [0.3, 0.4) is 0 Å². The average molecular weight is 296 g/mol. The van der Waals surface area contributed by atoms with Crippen LogP contribution in [-0.2, 0) is 4.79 Å². The Hall–Kier alpha value is -1.26. The number of nitrogens with zero attached hydrogens (tertiary/aromatic N) is 1. The Morgan fingerprint density at radius 3 is 2.75 bits per heavy atom. The number of carbonyl (C=O) groups excluding carboxylic acids is 1. The van der Waals surface area contributed by atoms with E-state index in [0.29, 0.717) is 5.02 Å². The second-order valence-corrected chi connectivity index (χ2v) is 5.44. The Balaban J connectivity index is 2.33. The van der Waals surface area contributed by atoms with Gasteiger partial charge in [-0.05, 0) is 32.5 Å². The van der Waals surface area contributed by atoms with Gasteiger partial charge in [-0.2, -0.15) is 0 Å². The molecule has 2 N–H and O–H groups in total. The van der Waals surface area contributed by atoms with Crippen LogP contribution in [0, 0.1) is 0 Å². The molecule has 0 fully saturated rings. The van der Waals surface area contributed by atoms with Gasteiger partial charge in [0.05, 0.1) is 10.7 Å². The highest BCUT2D eigenvalue weighted by Crippen LogP contribution is 2.38. The Morgan fingerprint density at radius 1 is 1.40 bits per heavy atom. The van der Waals surface area contributed by atoms with Crippen molar-refractivity contribution < 1.29 is 4.79 Å². The summed E-state index contributed by atoms with van der Waals surface area (Å²) < 4.78 is 0. The summed E-state index contributed by atoms with van der Waals surface area (Å²) in [7, 11) is 1.78. The molecular formula is C15H22ClN3O. The molecule has 1 amide bonds. The fraction of sp³-hybridized carbons (Fsp3) is 0.533. The first-order valence-corrected chi connectivity index (χ1v) is 7.56. The third kappa shape index (κ3) is 2.76. The number of amides is 1. The fourth-order valence-electron chi connectivity index (χ4n) is 2.60. The van der Waals surface area contributed by atoms with Crippen molar-refractivity contribution in [2.45, 2.75) is 32.7 Å². The molecule has 2 rings (SSSR count). The zero-order valence-corrected chi connectivity index (χ0v) is 13.0. The summed E-state index contributed by atoms with van der Waals surface area (Å²) in [6.45, 7) is 6.18. The number of hydrogen-bond acceptors (Lipinski definition) is 3. The number of carbonyl (C=O) groups is 1. The molecule has 1 aliphatic rings. The standard InChI is InChI=1S/C15H22ClN3O/c1-4-6-7-19(5-2)13-9-12-10(8-11(13)16)14(17-3)15(20)18-12/h8-9,14,17H,4-7H2,1-3H3,(H,18,20). The van der Waals surface area contributed by atoms with E-state index in [9.17, 15) is 4.79 Å². The second kappa shape index (κ2) is 6.46. The maximum absolute atomic E-state index is 11.9. The Bertz CT molecular complexity index is 504. The van der Waals surface area contributed by atoms with Gasteiger partial charge in [-0.15, -0.1) is 0 Å². The lowest BCUT2D eigenvalue weighted by Crippen LogP contribution is -2.24. The van der Waals surface area contributed by atoms with Gasteiger partial charge in [-0.1, -0.05) is 24.9 Å². The zero-order chi connectivity index (χ0) is 14.7. The first-order valence-electron chi connectivity index (χ1n) is 7.18. The van der Waals surface area contributed by atoms with Crippen LogP contribution in [0.2, 0.25) is 5.02 Å². The average Bonchev–Trinajstić information content (AvgIpc) is 2.74. The van der Waals surface area contributed by atoms with Gasteiger partial charge < -0.3 is 15.5 Å². The van der Waals surface area contributed by atoms with E-state index in [2.05, 4.69) is 29.4 Å². The number of unbranched alkanes of at least 4 members (excludes halogenated alkanes) is 1. The number of likely N-dealkylation sites (N-methyl/N-ethyl adjacent to an activating group) is 1. The van der Waals surface area contributed by atoms with Crippen LogP contribution in [0.25, 0.3) is 0 Å². The van der Waals surface area contributed by atoms with E-state index in [1.54, 1.807) is 7.05 Å². The van der Waals surface area contributed by atoms with Gasteiger partial charge in [0.15, 0.2) is 0 Å². The third-order valence-corrected chi connectivity index (χ3v) is 4.05. The molecule has 4 nitrogen and oxygen atoms in total. The van der Waals surface area contributed by atoms with Gasteiger partial charge in [0.25, 0.3) is 0 Å². The molecule has 110 valence electrons. The predicted molar refractivity (Wildman–Crippen MR) is 84.7 cm³/mol. The summed E-state index contributed by atoms with van der Waals surface area (Å²) in [4.78, 5) is 14.1. The molecule has 0 bridgehead atoms. The Morgan fingerprint density at radius 2 is 2.15 bits per heavy atom. The molecule has 1 aliphatic heterocycles. The zero-order valence-electron chi connectivity index (χ0n) is 12.3. The number of rotatable bonds is 6. The highest BCUT2D eigenvalue weighted by molar-refractivity contribution is 6.33. The van der Waals surface area contributed by atoms with Crippen LogP contribution in [0.5, 0.6) is 0 Å². The maximum Gasteiger partial charge on any atom is 0.246 e. The Labute approximate surface area is 125 Å². The monoisotopic (exact) mass is 295 g/mol. The summed E-state index contributed by atoms with van der Waals surface area (Å²) in [5.41, 5.74) is 2.79. The summed E-state index contributed by atoms with van der Waals surface area (Å²) >= 11 is 6.42. The van der Waals surface area contributed by atoms with Crippen molar-refractivity contribution >= 4 is 28.9 Å². The molecule has 1 atom stereocenters. The van der Waals surface area contributed by atoms with Crippen molar-refractivity contribution in [2.75, 3.05) is 30.4 Å². The SMILES string of the molecule is CCCCN(CC)c1cc2c(cc1Cl)C(NC)C(=O)N2. The molecule has 1 aromatic carbocycles. The number of benzene rings is 1. The quantitative estimate of drug-likeness (QED) is 0.847. The van der Waals surface area contributed by atoms with Crippen molar-refractivity contribution in [2.24, 2.45) is 0 Å². The van der Waals surface area contributed by atoms with E-state index >= 15 is 0 Å². The van der Waals surface area contributed by atoms with E-state index < -0.39 is 0 Å². The van der Waals surface area contributed by atoms with Crippen LogP contribution < -0.4 is 15.5 Å². The molecule has 0 saturated carbocycles. The van der Waals surface area contributed by atoms with Gasteiger partial charge in [-0.3, -0.25) is 4.79 Å². The summed E-state index contributed by atoms with van der Waals surface area (Å²) in [6, 6.07) is 3.59. The van der Waals surface area contributed by atoms with E-state index in [4.69, 9.17) is 11.6 Å². The largest absolute Gasteiger partial charge is 0.371 e. The predicted octanol–water partition coefficient (Wildman–Crippen LogP) is 3.18. The highest BCUT2D eigenvalue weighted by Gasteiger charge is 2.30. The molecular weight excluding hydrogens is 274 g/mol. The number of halogens is 1. The van der Waals surface area contributed by atoms with Gasteiger partial charge in [-0.25, -0.2) is 0 Å². The van der Waals surface area contributed by atoms with Crippen molar-refractivity contribution in [3.8, 4) is 0 Å². The van der Waals surface area contributed by atoms with E-state index in [1.165, 1.54) is 0 Å². The first kappa shape index (κ1) is 15.1. The van der Waals surface area contributed by atoms with Crippen LogP contribution in [-0.4, -0.2) is 26.0 Å². The lowest BCUT2D eigenvalue weighted by atomic mass is 10.1. The maximum atomic E-state index is 11.9. The summed E-state index contributed by atoms with van der Waals surface area (Å²) in [6.07, 6.45) is 2.28. The number of hydrogen-bond donors (Lipinski definition) is 2. The van der Waals surface area contributed by atoms with E-state index in [1.807, 2.05) is 12.1 Å². The van der Waals surface area contributed by atoms with Crippen molar-refractivity contribution in [1.29, 1.82) is 0 Å². The summed E-state index contributed by atoms with van der Waals surface area (Å²) in [5, 5.41) is 6.63.